The number of nitrogens with one attached hydrogen (secondary N) is 13. The highest BCUT2D eigenvalue weighted by Gasteiger charge is 2.35. The maximum absolute atomic E-state index is 14.2. The number of nitrogens with two attached hydrogens (primary N) is 10. The number of primary amides is 1. The third kappa shape index (κ3) is 39.2. The van der Waals surface area contributed by atoms with E-state index < -0.39 is 182 Å². The Morgan fingerprint density at radius 3 is 1.17 bits per heavy atom. The number of hydrogen-bond acceptors (Lipinski definition) is 22. The molecule has 0 saturated heterocycles. The fourth-order valence-corrected chi connectivity index (χ4v) is 10.2. The van der Waals surface area contributed by atoms with Crippen molar-refractivity contribution in [3.05, 3.63) is 71.8 Å². The lowest BCUT2D eigenvalue weighted by atomic mass is 10.0. The fourth-order valence-electron chi connectivity index (χ4n) is 10.2. The number of hydrogen-bond donors (Lipinski definition) is 25. The summed E-state index contributed by atoms with van der Waals surface area (Å²) in [7, 11) is 0. The predicted molar refractivity (Wildman–Crippen MR) is 401 cm³/mol. The zero-order valence-corrected chi connectivity index (χ0v) is 61.7. The Hall–Kier alpha value is -11.4. The Labute approximate surface area is 631 Å². The second-order valence-electron chi connectivity index (χ2n) is 25.4. The van der Waals surface area contributed by atoms with Crippen molar-refractivity contribution in [1.82, 2.24) is 69.1 Å². The molecule has 14 amide bonds. The molecule has 2 aromatic rings. The molecule has 2 aromatic carbocycles. The number of aliphatic imine (C=N–C) groups is 3. The molecule has 0 aliphatic heterocycles. The van der Waals surface area contributed by atoms with Gasteiger partial charge in [-0.1, -0.05) is 60.7 Å². The highest BCUT2D eigenvalue weighted by Crippen LogP contribution is 2.11. The maximum atomic E-state index is 14.2. The Bertz CT molecular complexity index is 3380. The van der Waals surface area contributed by atoms with Gasteiger partial charge in [0.1, 0.15) is 60.4 Å². The van der Waals surface area contributed by atoms with Gasteiger partial charge < -0.3 is 137 Å². The fraction of sp³-hybridized carbons (Fsp3) is 0.567. The van der Waals surface area contributed by atoms with Crippen molar-refractivity contribution >= 4 is 101 Å². The van der Waals surface area contributed by atoms with E-state index in [9.17, 15) is 77.3 Å². The molecule has 0 aromatic heterocycles. The molecule has 0 unspecified atom stereocenters. The van der Waals surface area contributed by atoms with Crippen LogP contribution in [0.3, 0.4) is 0 Å². The number of unbranched alkanes of at least 4 members (excludes halogenated alkanes) is 2. The largest absolute Gasteiger partial charge is 0.394 e. The van der Waals surface area contributed by atoms with Crippen LogP contribution in [0.2, 0.25) is 0 Å². The lowest BCUT2D eigenvalue weighted by molar-refractivity contribution is -0.136. The molecule has 2 rings (SSSR count). The number of aliphatic hydroxyl groups is 2. The molecule has 0 bridgehead atoms. The number of nitrogens with zero attached hydrogens (tertiary/aromatic N) is 3. The van der Waals surface area contributed by atoms with Crippen LogP contribution in [0.5, 0.6) is 0 Å². The summed E-state index contributed by atoms with van der Waals surface area (Å²) >= 11 is 0. The van der Waals surface area contributed by atoms with Crippen LogP contribution in [0, 0.1) is 0 Å². The molecule has 0 heterocycles. The van der Waals surface area contributed by atoms with E-state index in [1.165, 1.54) is 13.8 Å². The van der Waals surface area contributed by atoms with Crippen LogP contribution in [0.15, 0.2) is 75.6 Å². The lowest BCUT2D eigenvalue weighted by Gasteiger charge is -2.26. The molecule has 42 nitrogen and oxygen atoms in total. The summed E-state index contributed by atoms with van der Waals surface area (Å²) in [6.07, 6.45) is 0.417. The lowest BCUT2D eigenvalue weighted by Crippen LogP contribution is -2.60. The van der Waals surface area contributed by atoms with E-state index in [4.69, 9.17) is 57.3 Å². The number of rotatable bonds is 53. The van der Waals surface area contributed by atoms with Gasteiger partial charge in [0, 0.05) is 32.5 Å². The van der Waals surface area contributed by atoms with Gasteiger partial charge in [0.25, 0.3) is 0 Å². The molecule has 35 N–H and O–H groups in total. The first kappa shape index (κ1) is 93.7. The molecular weight excluding hydrogens is 1420 g/mol. The summed E-state index contributed by atoms with van der Waals surface area (Å²) in [6.45, 7) is 1.12. The van der Waals surface area contributed by atoms with Gasteiger partial charge in [0.2, 0.25) is 82.7 Å². The van der Waals surface area contributed by atoms with Gasteiger partial charge in [0.15, 0.2) is 17.9 Å². The quantitative estimate of drug-likeness (QED) is 0.0166. The molecule has 0 fully saturated rings. The van der Waals surface area contributed by atoms with Crippen molar-refractivity contribution in [3.8, 4) is 0 Å². The zero-order valence-electron chi connectivity index (χ0n) is 61.7. The SMILES string of the molecule is C[C@H](NC(=O)CNC(=O)[C@@H](NC(=O)[C@H](Cc1ccccc1)NC(=O)CNC(=O)CNC(=O)[C@H](Cc1ccccc1)NC(=O)[C@@H](N)CCCN=C(N)N)[C@@H](C)O)C(=O)N[C@@H](CCCN=C(N)N)C(=O)N[C@@H](CCCCN)C(=O)N[C@H](CO)C(=O)N[C@@H](C)C(=O)N[C@@H](CCCN=C(N)N)C(=O)N[C@@H](CCCCN)C(N)=O. The molecule has 0 spiro atoms. The van der Waals surface area contributed by atoms with E-state index in [2.05, 4.69) is 84.1 Å². The van der Waals surface area contributed by atoms with E-state index in [0.29, 0.717) is 43.4 Å². The van der Waals surface area contributed by atoms with E-state index in [1.807, 2.05) is 0 Å². The van der Waals surface area contributed by atoms with Crippen LogP contribution in [-0.4, -0.2) is 242 Å². The van der Waals surface area contributed by atoms with Gasteiger partial charge in [-0.2, -0.15) is 0 Å². The number of carbonyl (C=O) groups is 14. The van der Waals surface area contributed by atoms with E-state index in [-0.39, 0.29) is 108 Å². The summed E-state index contributed by atoms with van der Waals surface area (Å²) in [5.74, 6) is -13.3. The van der Waals surface area contributed by atoms with Gasteiger partial charge in [0.05, 0.1) is 38.4 Å². The highest BCUT2D eigenvalue weighted by atomic mass is 16.3. The van der Waals surface area contributed by atoms with Crippen molar-refractivity contribution in [3.63, 3.8) is 0 Å². The number of guanidine groups is 3. The summed E-state index contributed by atoms with van der Waals surface area (Å²) in [5, 5.41) is 52.8. The second-order valence-corrected chi connectivity index (χ2v) is 25.4. The normalized spacial score (nSPS) is 14.1. The Morgan fingerprint density at radius 1 is 0.367 bits per heavy atom. The predicted octanol–water partition coefficient (Wildman–Crippen LogP) is -10.7. The van der Waals surface area contributed by atoms with Crippen molar-refractivity contribution in [2.75, 3.05) is 59.0 Å². The second kappa shape index (κ2) is 51.8. The molecule has 0 saturated carbocycles. The average Bonchev–Trinajstić information content (AvgIpc) is 0.875. The molecule has 109 heavy (non-hydrogen) atoms. The van der Waals surface area contributed by atoms with Crippen LogP contribution in [-0.2, 0) is 80.0 Å². The van der Waals surface area contributed by atoms with Gasteiger partial charge in [-0.25, -0.2) is 0 Å². The Morgan fingerprint density at radius 2 is 0.725 bits per heavy atom. The van der Waals surface area contributed by atoms with Crippen LogP contribution in [0.1, 0.15) is 109 Å². The molecule has 606 valence electrons. The van der Waals surface area contributed by atoms with Gasteiger partial charge in [-0.05, 0) is 122 Å². The smallest absolute Gasteiger partial charge is 0.245 e. The topological polar surface area (TPSA) is 733 Å². The molecule has 0 aliphatic rings. The highest BCUT2D eigenvalue weighted by molar-refractivity contribution is 5.99. The standard InChI is InChI=1S/C67H112N26O16/c1-37(55(100)88-46(25-16-30-80-67(76)77)60(105)90-44(23-11-13-27-69)61(106)92-49(36-94)63(108)85-38(2)56(101)89-45(24-15-29-79-66(74)75)59(104)87-43(54(71)99)22-10-12-26-68)84-51(97)35-83-64(109)53(39(3)95)93-62(107)48(32-41-19-8-5-9-20-41)86-52(98)34-81-50(96)33-82-58(103)47(31-40-17-6-4-7-18-40)91-57(102)42(70)21-14-28-78-65(72)73/h4-9,17-20,37-39,42-49,53,94-95H,10-16,21-36,68-70H2,1-3H3,(H2,71,99)(H,81,96)(H,82,103)(H,83,109)(H,84,97)(H,85,108)(H,86,98)(H,87,104)(H,88,100)(H,89,101)(H,90,105)(H,91,102)(H,92,106)(H,93,107)(H4,72,73,78)(H4,74,75,79)(H4,76,77,80)/t37-,38-,39+,42-,43-,44-,45-,46-,47-,48-,49+,53-/m0/s1. The van der Waals surface area contributed by atoms with E-state index in [1.54, 1.807) is 60.7 Å². The molecule has 42 heteroatoms. The maximum Gasteiger partial charge on any atom is 0.245 e. The van der Waals surface area contributed by atoms with Gasteiger partial charge >= 0.3 is 0 Å². The minimum atomic E-state index is -1.76. The number of aliphatic hydroxyl groups excluding tert-OH is 2. The van der Waals surface area contributed by atoms with Crippen LogP contribution >= 0.6 is 0 Å². The van der Waals surface area contributed by atoms with E-state index >= 15 is 0 Å². The first-order valence-corrected chi connectivity index (χ1v) is 35.5. The third-order valence-corrected chi connectivity index (χ3v) is 16.2. The number of carbonyl (C=O) groups excluding carboxylic acids is 14. The Kier molecular flexibility index (Phi) is 44.5. The monoisotopic (exact) mass is 1540 g/mol. The van der Waals surface area contributed by atoms with Crippen molar-refractivity contribution < 1.29 is 77.3 Å². The zero-order chi connectivity index (χ0) is 81.5. The van der Waals surface area contributed by atoms with Crippen molar-refractivity contribution in [1.29, 1.82) is 0 Å². The molecule has 0 aliphatic carbocycles. The minimum Gasteiger partial charge on any atom is -0.394 e. The summed E-state index contributed by atoms with van der Waals surface area (Å²) < 4.78 is 0. The summed E-state index contributed by atoms with van der Waals surface area (Å²) in [4.78, 5) is 200. The minimum absolute atomic E-state index is 0.0215. The number of amides is 14. The summed E-state index contributed by atoms with van der Waals surface area (Å²) in [6, 6.07) is 1.60. The molecule has 0 radical (unpaired) electrons. The first-order valence-electron chi connectivity index (χ1n) is 35.5. The van der Waals surface area contributed by atoms with E-state index in [0.717, 1.165) is 6.92 Å². The summed E-state index contributed by atoms with van der Waals surface area (Å²) in [5.41, 5.74) is 56.7. The van der Waals surface area contributed by atoms with Crippen LogP contribution < -0.4 is 126 Å². The van der Waals surface area contributed by atoms with Crippen molar-refractivity contribution in [2.45, 2.75) is 183 Å². The van der Waals surface area contributed by atoms with Gasteiger partial charge in [-0.3, -0.25) is 82.1 Å². The Balaban J connectivity index is 2.20. The third-order valence-electron chi connectivity index (χ3n) is 16.2. The average molecular weight is 1540 g/mol. The first-order chi connectivity index (χ1) is 51.7. The van der Waals surface area contributed by atoms with Crippen molar-refractivity contribution in [2.24, 2.45) is 72.3 Å². The molecule has 12 atom stereocenters. The number of benzene rings is 2. The van der Waals surface area contributed by atoms with Crippen LogP contribution in [0.4, 0.5) is 0 Å². The van der Waals surface area contributed by atoms with Gasteiger partial charge in [-0.15, -0.1) is 0 Å². The van der Waals surface area contributed by atoms with Crippen LogP contribution in [0.25, 0.3) is 0 Å². The molecular formula is C67H112N26O16.